The Morgan fingerprint density at radius 2 is 1.89 bits per heavy atom. The van der Waals surface area contributed by atoms with Crippen LogP contribution >= 0.6 is 0 Å². The molecule has 1 aromatic carbocycles. The second-order valence-electron chi connectivity index (χ2n) is 7.77. The van der Waals surface area contributed by atoms with Gasteiger partial charge in [0.2, 0.25) is 5.95 Å². The monoisotopic (exact) mass is 479 g/mol. The average molecular weight is 479 g/mol. The Hall–Kier alpha value is -4.26. The van der Waals surface area contributed by atoms with Gasteiger partial charge in [-0.15, -0.1) is 5.10 Å². The molecule has 1 fully saturated rings. The van der Waals surface area contributed by atoms with Gasteiger partial charge in [-0.05, 0) is 24.3 Å². The van der Waals surface area contributed by atoms with Gasteiger partial charge in [0.05, 0.1) is 37.7 Å². The van der Waals surface area contributed by atoms with Crippen molar-refractivity contribution < 1.29 is 18.3 Å². The standard InChI is InChI=1S/C22H19F2N9O2/c1-34-15-6-2-5-14-16(15)26-21(18(23)24)32(14)22-27-19(31-8-10-35-11-9-31)17-20(28-22)33(30-29-17)13-4-3-7-25-12-13/h2-7,12,18H,8-11H2,1H3. The third-order valence-electron chi connectivity index (χ3n) is 5.76. The molecular formula is C22H19F2N9O2. The van der Waals surface area contributed by atoms with Crippen LogP contribution in [0.15, 0.2) is 42.7 Å². The lowest BCUT2D eigenvalue weighted by molar-refractivity contribution is 0.122. The molecule has 5 heterocycles. The van der Waals surface area contributed by atoms with Crippen molar-refractivity contribution in [2.75, 3.05) is 38.3 Å². The first kappa shape index (κ1) is 21.3. The van der Waals surface area contributed by atoms with Gasteiger partial charge in [0.15, 0.2) is 22.8 Å². The van der Waals surface area contributed by atoms with Gasteiger partial charge in [-0.1, -0.05) is 11.3 Å². The van der Waals surface area contributed by atoms with Gasteiger partial charge in [-0.3, -0.25) is 9.55 Å². The summed E-state index contributed by atoms with van der Waals surface area (Å²) in [6.45, 7) is 2.13. The van der Waals surface area contributed by atoms with E-state index in [9.17, 15) is 8.78 Å². The van der Waals surface area contributed by atoms with Crippen LogP contribution in [0, 0.1) is 0 Å². The number of nitrogens with zero attached hydrogens (tertiary/aromatic N) is 9. The van der Waals surface area contributed by atoms with E-state index in [1.807, 2.05) is 4.90 Å². The molecule has 0 atom stereocenters. The molecule has 11 nitrogen and oxygen atoms in total. The van der Waals surface area contributed by atoms with Crippen LogP contribution in [0.25, 0.3) is 33.8 Å². The van der Waals surface area contributed by atoms with E-state index in [4.69, 9.17) is 14.5 Å². The number of ether oxygens (including phenoxy) is 2. The lowest BCUT2D eigenvalue weighted by Crippen LogP contribution is -2.37. The van der Waals surface area contributed by atoms with Crippen LogP contribution in [0.5, 0.6) is 5.75 Å². The molecule has 13 heteroatoms. The number of imidazole rings is 1. The Bertz CT molecular complexity index is 1510. The van der Waals surface area contributed by atoms with E-state index in [2.05, 4.69) is 25.3 Å². The number of halogens is 2. The quantitative estimate of drug-likeness (QED) is 0.376. The number of anilines is 1. The Morgan fingerprint density at radius 1 is 1.03 bits per heavy atom. The highest BCUT2D eigenvalue weighted by atomic mass is 19.3. The number of hydrogen-bond acceptors (Lipinski definition) is 9. The number of aromatic nitrogens is 8. The molecule has 0 N–H and O–H groups in total. The molecule has 0 aliphatic carbocycles. The summed E-state index contributed by atoms with van der Waals surface area (Å²) in [5.41, 5.74) is 2.11. The van der Waals surface area contributed by atoms with Crippen LogP contribution in [-0.4, -0.2) is 72.9 Å². The van der Waals surface area contributed by atoms with Crippen LogP contribution < -0.4 is 9.64 Å². The topological polar surface area (TPSA) is 109 Å². The molecule has 1 saturated heterocycles. The molecule has 0 bridgehead atoms. The van der Waals surface area contributed by atoms with Crippen LogP contribution in [0.1, 0.15) is 12.2 Å². The number of hydrogen-bond donors (Lipinski definition) is 0. The number of methoxy groups -OCH3 is 1. The molecule has 5 aromatic rings. The van der Waals surface area contributed by atoms with Crippen LogP contribution in [0.4, 0.5) is 14.6 Å². The van der Waals surface area contributed by atoms with E-state index in [0.717, 1.165) is 0 Å². The van der Waals surface area contributed by atoms with Crippen LogP contribution in [0.2, 0.25) is 0 Å². The molecular weight excluding hydrogens is 460 g/mol. The third kappa shape index (κ3) is 3.51. The zero-order chi connectivity index (χ0) is 23.9. The van der Waals surface area contributed by atoms with Crippen molar-refractivity contribution in [3.63, 3.8) is 0 Å². The number of alkyl halides is 2. The van der Waals surface area contributed by atoms with E-state index in [1.54, 1.807) is 42.7 Å². The lowest BCUT2D eigenvalue weighted by atomic mass is 10.3. The van der Waals surface area contributed by atoms with Gasteiger partial charge in [0.25, 0.3) is 6.43 Å². The van der Waals surface area contributed by atoms with Gasteiger partial charge in [0, 0.05) is 19.3 Å². The van der Waals surface area contributed by atoms with Crippen LogP contribution in [0.3, 0.4) is 0 Å². The Labute approximate surface area is 197 Å². The van der Waals surface area contributed by atoms with Crippen molar-refractivity contribution in [2.45, 2.75) is 6.43 Å². The van der Waals surface area contributed by atoms with Crippen molar-refractivity contribution in [3.05, 3.63) is 48.5 Å². The minimum absolute atomic E-state index is 0.0254. The first-order chi connectivity index (χ1) is 17.2. The van der Waals surface area contributed by atoms with E-state index in [1.165, 1.54) is 16.4 Å². The molecule has 6 rings (SSSR count). The molecule has 178 valence electrons. The number of benzene rings is 1. The Kier molecular flexibility index (Phi) is 5.17. The largest absolute Gasteiger partial charge is 0.494 e. The highest BCUT2D eigenvalue weighted by Gasteiger charge is 2.27. The zero-order valence-electron chi connectivity index (χ0n) is 18.5. The fraction of sp³-hybridized carbons (Fsp3) is 0.273. The maximum atomic E-state index is 14.2. The van der Waals surface area contributed by atoms with Crippen molar-refractivity contribution in [1.82, 2.24) is 39.5 Å². The van der Waals surface area contributed by atoms with Gasteiger partial charge in [-0.25, -0.2) is 13.8 Å². The van der Waals surface area contributed by atoms with Gasteiger partial charge in [-0.2, -0.15) is 14.6 Å². The summed E-state index contributed by atoms with van der Waals surface area (Å²) in [5, 5.41) is 8.59. The average Bonchev–Trinajstić information content (AvgIpc) is 3.51. The molecule has 0 amide bonds. The fourth-order valence-corrected chi connectivity index (χ4v) is 4.15. The van der Waals surface area contributed by atoms with Crippen molar-refractivity contribution in [2.24, 2.45) is 0 Å². The molecule has 35 heavy (non-hydrogen) atoms. The summed E-state index contributed by atoms with van der Waals surface area (Å²) in [6.07, 6.45) is 0.383. The zero-order valence-corrected chi connectivity index (χ0v) is 18.5. The first-order valence-corrected chi connectivity index (χ1v) is 10.9. The summed E-state index contributed by atoms with van der Waals surface area (Å²) in [4.78, 5) is 19.7. The van der Waals surface area contributed by atoms with E-state index >= 15 is 0 Å². The Balaban J connectivity index is 1.66. The smallest absolute Gasteiger partial charge is 0.296 e. The molecule has 4 aromatic heterocycles. The first-order valence-electron chi connectivity index (χ1n) is 10.9. The molecule has 0 saturated carbocycles. The summed E-state index contributed by atoms with van der Waals surface area (Å²) < 4.78 is 42.0. The van der Waals surface area contributed by atoms with Gasteiger partial charge >= 0.3 is 0 Å². The highest BCUT2D eigenvalue weighted by Crippen LogP contribution is 2.33. The normalized spacial score (nSPS) is 14.3. The lowest BCUT2D eigenvalue weighted by Gasteiger charge is -2.28. The highest BCUT2D eigenvalue weighted by molar-refractivity contribution is 5.87. The van der Waals surface area contributed by atoms with E-state index in [-0.39, 0.29) is 5.95 Å². The fourth-order valence-electron chi connectivity index (χ4n) is 4.15. The summed E-state index contributed by atoms with van der Waals surface area (Å²) in [5.74, 6) is 0.391. The van der Waals surface area contributed by atoms with E-state index in [0.29, 0.717) is 65.8 Å². The minimum Gasteiger partial charge on any atom is -0.494 e. The Morgan fingerprint density at radius 3 is 2.63 bits per heavy atom. The maximum Gasteiger partial charge on any atom is 0.296 e. The maximum absolute atomic E-state index is 14.2. The molecule has 0 radical (unpaired) electrons. The van der Waals surface area contributed by atoms with Crippen molar-refractivity contribution in [1.29, 1.82) is 0 Å². The van der Waals surface area contributed by atoms with Gasteiger partial charge < -0.3 is 14.4 Å². The predicted octanol–water partition coefficient (Wildman–Crippen LogP) is 2.73. The number of morpholine rings is 1. The second kappa shape index (κ2) is 8.51. The number of rotatable bonds is 5. The molecule has 0 unspecified atom stereocenters. The van der Waals surface area contributed by atoms with E-state index < -0.39 is 12.2 Å². The molecule has 1 aliphatic heterocycles. The third-order valence-corrected chi connectivity index (χ3v) is 5.76. The van der Waals surface area contributed by atoms with Crippen molar-refractivity contribution in [3.8, 4) is 17.4 Å². The van der Waals surface area contributed by atoms with Crippen LogP contribution in [-0.2, 0) is 4.74 Å². The number of pyridine rings is 1. The summed E-state index contributed by atoms with van der Waals surface area (Å²) in [7, 11) is 1.47. The summed E-state index contributed by atoms with van der Waals surface area (Å²) in [6, 6.07) is 8.62. The molecule has 1 aliphatic rings. The number of fused-ring (bicyclic) bond motifs is 2. The number of para-hydroxylation sites is 1. The SMILES string of the molecule is COc1cccc2c1nc(C(F)F)n2-c1nc(N2CCOCC2)c2nnn(-c3cccnc3)c2n1. The van der Waals surface area contributed by atoms with Crippen molar-refractivity contribution >= 4 is 28.0 Å². The summed E-state index contributed by atoms with van der Waals surface area (Å²) >= 11 is 0. The second-order valence-corrected chi connectivity index (χ2v) is 7.77. The molecule has 0 spiro atoms. The minimum atomic E-state index is -2.88. The predicted molar refractivity (Wildman–Crippen MR) is 121 cm³/mol. The van der Waals surface area contributed by atoms with Gasteiger partial charge in [0.1, 0.15) is 11.3 Å².